The molecule has 0 aliphatic rings. The number of hydrogen-bond donors (Lipinski definition) is 1. The molecular formula is C21H20N2O3S. The van der Waals surface area contributed by atoms with E-state index in [9.17, 15) is 9.59 Å². The van der Waals surface area contributed by atoms with E-state index in [2.05, 4.69) is 16.4 Å². The summed E-state index contributed by atoms with van der Waals surface area (Å²) >= 11 is 1.02. The third-order valence-electron chi connectivity index (χ3n) is 3.87. The van der Waals surface area contributed by atoms with Crippen LogP contribution in [0.5, 0.6) is 5.75 Å². The van der Waals surface area contributed by atoms with Gasteiger partial charge in [0.2, 0.25) is 0 Å². The highest BCUT2D eigenvalue weighted by Crippen LogP contribution is 2.17. The van der Waals surface area contributed by atoms with E-state index in [0.717, 1.165) is 28.4 Å². The Kier molecular flexibility index (Phi) is 6.44. The molecule has 0 amide bonds. The van der Waals surface area contributed by atoms with Crippen LogP contribution in [0, 0.1) is 0 Å². The van der Waals surface area contributed by atoms with Crippen molar-refractivity contribution >= 4 is 39.3 Å². The fourth-order valence-corrected chi connectivity index (χ4v) is 3.02. The van der Waals surface area contributed by atoms with Crippen LogP contribution in [-0.4, -0.2) is 34.8 Å². The molecule has 1 aromatic heterocycles. The molecule has 0 bridgehead atoms. The zero-order valence-corrected chi connectivity index (χ0v) is 15.8. The highest BCUT2D eigenvalue weighted by molar-refractivity contribution is 8.14. The molecule has 0 saturated carbocycles. The van der Waals surface area contributed by atoms with E-state index < -0.39 is 0 Å². The molecule has 6 heteroatoms. The second-order valence-corrected chi connectivity index (χ2v) is 7.07. The molecule has 5 nitrogen and oxygen atoms in total. The number of benzene rings is 2. The van der Waals surface area contributed by atoms with Gasteiger partial charge >= 0.3 is 0 Å². The number of para-hydroxylation sites is 1. The number of carbonyl (C=O) groups is 2. The molecule has 3 aromatic rings. The number of carbonyl (C=O) groups excluding carboxylic acids is 2. The van der Waals surface area contributed by atoms with Gasteiger partial charge in [-0.15, -0.1) is 0 Å². The molecule has 0 radical (unpaired) electrons. The normalized spacial score (nSPS) is 10.6. The number of anilines is 1. The van der Waals surface area contributed by atoms with Gasteiger partial charge in [0.25, 0.3) is 0 Å². The average Bonchev–Trinajstić information content (AvgIpc) is 2.69. The maximum Gasteiger partial charge on any atom is 0.186 e. The predicted octanol–water partition coefficient (Wildman–Crippen LogP) is 4.19. The number of pyridine rings is 1. The second kappa shape index (κ2) is 9.19. The number of nitrogens with zero attached hydrogens (tertiary/aromatic N) is 1. The van der Waals surface area contributed by atoms with E-state index in [1.807, 2.05) is 30.5 Å². The number of thioether (sulfide) groups is 1. The molecule has 3 rings (SSSR count). The summed E-state index contributed by atoms with van der Waals surface area (Å²) in [6.45, 7) is 2.58. The molecule has 0 unspecified atom stereocenters. The molecule has 0 aliphatic carbocycles. The van der Waals surface area contributed by atoms with Crippen molar-refractivity contribution in [1.29, 1.82) is 0 Å². The number of ketones is 1. The first-order valence-corrected chi connectivity index (χ1v) is 9.58. The van der Waals surface area contributed by atoms with Crippen LogP contribution < -0.4 is 10.1 Å². The van der Waals surface area contributed by atoms with E-state index >= 15 is 0 Å². The Morgan fingerprint density at radius 2 is 1.89 bits per heavy atom. The van der Waals surface area contributed by atoms with E-state index in [1.54, 1.807) is 24.3 Å². The summed E-state index contributed by atoms with van der Waals surface area (Å²) in [5.41, 5.74) is 2.49. The minimum Gasteiger partial charge on any atom is -0.492 e. The summed E-state index contributed by atoms with van der Waals surface area (Å²) in [6.07, 6.45) is 1.81. The molecule has 0 fully saturated rings. The highest BCUT2D eigenvalue weighted by atomic mass is 32.2. The molecule has 138 valence electrons. The maximum atomic E-state index is 11.9. The van der Waals surface area contributed by atoms with Crippen molar-refractivity contribution in [1.82, 2.24) is 4.98 Å². The van der Waals surface area contributed by atoms with Crippen molar-refractivity contribution in [3.8, 4) is 5.75 Å². The number of nitrogens with one attached hydrogen (secondary N) is 1. The number of fused-ring (bicyclic) bond motifs is 1. The van der Waals surface area contributed by atoms with Gasteiger partial charge in [-0.2, -0.15) is 0 Å². The summed E-state index contributed by atoms with van der Waals surface area (Å²) < 4.78 is 5.69. The first-order valence-electron chi connectivity index (χ1n) is 8.60. The van der Waals surface area contributed by atoms with Gasteiger partial charge in [0.05, 0.1) is 23.2 Å². The van der Waals surface area contributed by atoms with Gasteiger partial charge in [-0.25, -0.2) is 0 Å². The van der Waals surface area contributed by atoms with Gasteiger partial charge in [0.15, 0.2) is 10.9 Å². The third kappa shape index (κ3) is 5.56. The van der Waals surface area contributed by atoms with Gasteiger partial charge < -0.3 is 10.1 Å². The minimum atomic E-state index is -0.0628. The first kappa shape index (κ1) is 18.9. The molecule has 0 spiro atoms. The number of aromatic nitrogens is 1. The lowest BCUT2D eigenvalue weighted by Gasteiger charge is -2.09. The van der Waals surface area contributed by atoms with Crippen molar-refractivity contribution in [3.05, 3.63) is 66.4 Å². The highest BCUT2D eigenvalue weighted by Gasteiger charge is 2.07. The van der Waals surface area contributed by atoms with Crippen LogP contribution in [0.4, 0.5) is 5.69 Å². The molecule has 0 atom stereocenters. The SMILES string of the molecule is CC(=O)SCC(=O)c1ccc(OCCNc2cnc3ccccc3c2)cc1. The van der Waals surface area contributed by atoms with E-state index in [4.69, 9.17) is 4.74 Å². The first-order chi connectivity index (χ1) is 13.1. The number of Topliss-reactive ketones (excluding diaryl/α,β-unsaturated/α-hetero) is 1. The summed E-state index contributed by atoms with van der Waals surface area (Å²) in [6, 6.07) is 17.0. The van der Waals surface area contributed by atoms with Crippen LogP contribution in [0.25, 0.3) is 10.9 Å². The van der Waals surface area contributed by atoms with Crippen LogP contribution >= 0.6 is 11.8 Å². The lowest BCUT2D eigenvalue weighted by Crippen LogP contribution is -2.11. The Morgan fingerprint density at radius 3 is 2.67 bits per heavy atom. The maximum absolute atomic E-state index is 11.9. The van der Waals surface area contributed by atoms with E-state index in [-0.39, 0.29) is 16.7 Å². The van der Waals surface area contributed by atoms with Crippen LogP contribution in [-0.2, 0) is 4.79 Å². The zero-order valence-electron chi connectivity index (χ0n) is 15.0. The topological polar surface area (TPSA) is 68.3 Å². The summed E-state index contributed by atoms with van der Waals surface area (Å²) in [5, 5.41) is 4.32. The molecule has 0 saturated heterocycles. The number of ether oxygens (including phenoxy) is 1. The molecule has 0 aliphatic heterocycles. The monoisotopic (exact) mass is 380 g/mol. The van der Waals surface area contributed by atoms with Gasteiger partial charge in [0, 0.05) is 24.4 Å². The molecule has 1 heterocycles. The fraction of sp³-hybridized carbons (Fsp3) is 0.190. The van der Waals surface area contributed by atoms with Crippen molar-refractivity contribution in [3.63, 3.8) is 0 Å². The Labute approximate surface area is 162 Å². The van der Waals surface area contributed by atoms with Crippen molar-refractivity contribution in [2.45, 2.75) is 6.92 Å². The molecule has 2 aromatic carbocycles. The third-order valence-corrected chi connectivity index (χ3v) is 4.69. The average molecular weight is 380 g/mol. The van der Waals surface area contributed by atoms with Crippen molar-refractivity contribution in [2.75, 3.05) is 24.2 Å². The smallest absolute Gasteiger partial charge is 0.186 e. The van der Waals surface area contributed by atoms with Gasteiger partial charge in [-0.3, -0.25) is 14.6 Å². The van der Waals surface area contributed by atoms with Crippen molar-refractivity contribution in [2.24, 2.45) is 0 Å². The van der Waals surface area contributed by atoms with Gasteiger partial charge in [0.1, 0.15) is 12.4 Å². The van der Waals surface area contributed by atoms with Crippen molar-refractivity contribution < 1.29 is 14.3 Å². The van der Waals surface area contributed by atoms with E-state index in [0.29, 0.717) is 24.5 Å². The second-order valence-electron chi connectivity index (χ2n) is 5.92. The Bertz CT molecular complexity index is 942. The number of rotatable bonds is 8. The Hall–Kier alpha value is -2.86. The Morgan fingerprint density at radius 1 is 1.11 bits per heavy atom. The lowest BCUT2D eigenvalue weighted by molar-refractivity contribution is -0.109. The van der Waals surface area contributed by atoms with E-state index in [1.165, 1.54) is 6.92 Å². The summed E-state index contributed by atoms with van der Waals surface area (Å²) in [7, 11) is 0. The van der Waals surface area contributed by atoms with Crippen LogP contribution in [0.1, 0.15) is 17.3 Å². The zero-order chi connectivity index (χ0) is 19.1. The molecule has 27 heavy (non-hydrogen) atoms. The van der Waals surface area contributed by atoms with Crippen LogP contribution in [0.2, 0.25) is 0 Å². The fourth-order valence-electron chi connectivity index (χ4n) is 2.52. The standard InChI is InChI=1S/C21H20N2O3S/c1-15(24)27-14-21(25)16-6-8-19(9-7-16)26-11-10-22-18-12-17-4-2-3-5-20(17)23-13-18/h2-9,12-13,22H,10-11,14H2,1H3. The summed E-state index contributed by atoms with van der Waals surface area (Å²) in [4.78, 5) is 27.3. The minimum absolute atomic E-state index is 0.0579. The van der Waals surface area contributed by atoms with Crippen LogP contribution in [0.15, 0.2) is 60.8 Å². The lowest BCUT2D eigenvalue weighted by atomic mass is 10.1. The Balaban J connectivity index is 1.45. The predicted molar refractivity (Wildman–Crippen MR) is 110 cm³/mol. The summed E-state index contributed by atoms with van der Waals surface area (Å²) in [5.74, 6) is 0.802. The largest absolute Gasteiger partial charge is 0.492 e. The quantitative estimate of drug-likeness (QED) is 0.467. The molecular weight excluding hydrogens is 360 g/mol. The van der Waals surface area contributed by atoms with Crippen LogP contribution in [0.3, 0.4) is 0 Å². The van der Waals surface area contributed by atoms with Gasteiger partial charge in [-0.1, -0.05) is 30.0 Å². The number of hydrogen-bond acceptors (Lipinski definition) is 6. The van der Waals surface area contributed by atoms with Gasteiger partial charge in [-0.05, 0) is 36.4 Å². The molecule has 1 N–H and O–H groups in total.